The highest BCUT2D eigenvalue weighted by atomic mass is 16.1. The number of rotatable bonds is 11. The highest BCUT2D eigenvalue weighted by Crippen LogP contribution is 2.13. The van der Waals surface area contributed by atoms with E-state index in [9.17, 15) is 4.79 Å². The van der Waals surface area contributed by atoms with E-state index in [1.807, 2.05) is 0 Å². The van der Waals surface area contributed by atoms with Gasteiger partial charge in [0.2, 0.25) is 6.29 Å². The average molecular weight is 211 g/mol. The molecule has 1 nitrogen and oxygen atoms in total. The predicted molar refractivity (Wildman–Crippen MR) is 66.7 cm³/mol. The zero-order valence-electron chi connectivity index (χ0n) is 10.6. The topological polar surface area (TPSA) is 17.1 Å². The molecule has 0 aliphatic rings. The number of unbranched alkanes of at least 4 members (excludes halogenated alkanes) is 7. The Morgan fingerprint density at radius 3 is 1.87 bits per heavy atom. The summed E-state index contributed by atoms with van der Waals surface area (Å²) in [4.78, 5) is 10.4. The summed E-state index contributed by atoms with van der Waals surface area (Å²) in [5, 5.41) is 0. The molecule has 0 spiro atoms. The number of hydrogen-bond acceptors (Lipinski definition) is 1. The van der Waals surface area contributed by atoms with E-state index in [1.165, 1.54) is 51.4 Å². The molecule has 1 atom stereocenters. The van der Waals surface area contributed by atoms with Gasteiger partial charge in [-0.05, 0) is 12.8 Å². The van der Waals surface area contributed by atoms with Gasteiger partial charge < -0.3 is 0 Å². The van der Waals surface area contributed by atoms with Gasteiger partial charge in [-0.2, -0.15) is 0 Å². The van der Waals surface area contributed by atoms with E-state index >= 15 is 0 Å². The Morgan fingerprint density at radius 2 is 1.40 bits per heavy atom. The summed E-state index contributed by atoms with van der Waals surface area (Å²) in [6.07, 6.45) is 14.9. The SMILES string of the molecule is CCCCCCCCCCC([C]=O)CC. The molecule has 0 heterocycles. The zero-order valence-corrected chi connectivity index (χ0v) is 10.6. The first-order valence-electron chi connectivity index (χ1n) is 6.72. The molecule has 0 fully saturated rings. The summed E-state index contributed by atoms with van der Waals surface area (Å²) in [5.41, 5.74) is 0. The second kappa shape index (κ2) is 11.7. The van der Waals surface area contributed by atoms with E-state index in [0.29, 0.717) is 0 Å². The lowest BCUT2D eigenvalue weighted by atomic mass is 9.99. The minimum Gasteiger partial charge on any atom is -0.291 e. The first-order valence-corrected chi connectivity index (χ1v) is 6.72. The molecule has 0 saturated carbocycles. The third-order valence-corrected chi connectivity index (χ3v) is 3.07. The van der Waals surface area contributed by atoms with E-state index in [1.54, 1.807) is 0 Å². The average Bonchev–Trinajstić information content (AvgIpc) is 2.27. The van der Waals surface area contributed by atoms with Crippen molar-refractivity contribution in [2.75, 3.05) is 0 Å². The molecule has 0 rings (SSSR count). The number of hydrogen-bond donors (Lipinski definition) is 0. The van der Waals surface area contributed by atoms with E-state index in [-0.39, 0.29) is 5.92 Å². The van der Waals surface area contributed by atoms with Crippen molar-refractivity contribution >= 4 is 6.29 Å². The molecule has 89 valence electrons. The maximum absolute atomic E-state index is 10.4. The summed E-state index contributed by atoms with van der Waals surface area (Å²) in [5.74, 6) is 0.199. The largest absolute Gasteiger partial charge is 0.291 e. The molecule has 0 aliphatic heterocycles. The first kappa shape index (κ1) is 14.7. The van der Waals surface area contributed by atoms with Gasteiger partial charge in [0.1, 0.15) is 0 Å². The molecule has 1 radical (unpaired) electrons. The summed E-state index contributed by atoms with van der Waals surface area (Å²) < 4.78 is 0. The molecule has 0 aromatic rings. The molecule has 0 saturated heterocycles. The number of carbonyl (C=O) groups excluding carboxylic acids is 1. The van der Waals surface area contributed by atoms with Crippen molar-refractivity contribution < 1.29 is 4.79 Å². The second-order valence-electron chi connectivity index (χ2n) is 4.49. The smallest absolute Gasteiger partial charge is 0.201 e. The lowest BCUT2D eigenvalue weighted by Gasteiger charge is -2.05. The Morgan fingerprint density at radius 1 is 0.867 bits per heavy atom. The van der Waals surface area contributed by atoms with E-state index in [0.717, 1.165) is 12.8 Å². The van der Waals surface area contributed by atoms with Crippen LogP contribution in [-0.4, -0.2) is 6.29 Å². The minimum atomic E-state index is 0.199. The first-order chi connectivity index (χ1) is 7.35. The fourth-order valence-corrected chi connectivity index (χ4v) is 1.87. The van der Waals surface area contributed by atoms with Gasteiger partial charge in [0.15, 0.2) is 0 Å². The Kier molecular flexibility index (Phi) is 11.5. The van der Waals surface area contributed by atoms with Crippen LogP contribution >= 0.6 is 0 Å². The van der Waals surface area contributed by atoms with Crippen LogP contribution in [0.25, 0.3) is 0 Å². The van der Waals surface area contributed by atoms with Crippen molar-refractivity contribution in [3.8, 4) is 0 Å². The molecule has 1 unspecified atom stereocenters. The highest BCUT2D eigenvalue weighted by molar-refractivity contribution is 5.54. The molecule has 0 amide bonds. The van der Waals surface area contributed by atoms with Crippen molar-refractivity contribution in [1.29, 1.82) is 0 Å². The monoisotopic (exact) mass is 211 g/mol. The Hall–Kier alpha value is -0.330. The van der Waals surface area contributed by atoms with Crippen LogP contribution in [0, 0.1) is 5.92 Å². The van der Waals surface area contributed by atoms with E-state index < -0.39 is 0 Å². The molecule has 0 aliphatic carbocycles. The van der Waals surface area contributed by atoms with Crippen molar-refractivity contribution in [3.05, 3.63) is 0 Å². The molecule has 0 bridgehead atoms. The normalized spacial score (nSPS) is 12.7. The van der Waals surface area contributed by atoms with Gasteiger partial charge in [-0.15, -0.1) is 0 Å². The maximum atomic E-state index is 10.4. The fraction of sp³-hybridized carbons (Fsp3) is 0.929. The van der Waals surface area contributed by atoms with Crippen LogP contribution < -0.4 is 0 Å². The Labute approximate surface area is 95.6 Å². The molecule has 1 heteroatoms. The van der Waals surface area contributed by atoms with Crippen LogP contribution in [0.1, 0.15) is 78.1 Å². The van der Waals surface area contributed by atoms with Crippen LogP contribution in [-0.2, 0) is 4.79 Å². The molecule has 0 aromatic carbocycles. The van der Waals surface area contributed by atoms with Gasteiger partial charge in [-0.25, -0.2) is 0 Å². The maximum Gasteiger partial charge on any atom is 0.201 e. The molecule has 0 N–H and O–H groups in total. The van der Waals surface area contributed by atoms with Crippen LogP contribution in [0.5, 0.6) is 0 Å². The van der Waals surface area contributed by atoms with Gasteiger partial charge in [0.05, 0.1) is 0 Å². The van der Waals surface area contributed by atoms with Gasteiger partial charge in [-0.3, -0.25) is 4.79 Å². The van der Waals surface area contributed by atoms with Crippen molar-refractivity contribution in [3.63, 3.8) is 0 Å². The quantitative estimate of drug-likeness (QED) is 0.454. The van der Waals surface area contributed by atoms with E-state index in [2.05, 4.69) is 20.1 Å². The van der Waals surface area contributed by atoms with Gasteiger partial charge in [0.25, 0.3) is 0 Å². The van der Waals surface area contributed by atoms with Crippen LogP contribution in [0.2, 0.25) is 0 Å². The third-order valence-electron chi connectivity index (χ3n) is 3.07. The summed E-state index contributed by atoms with van der Waals surface area (Å²) in [7, 11) is 0. The second-order valence-corrected chi connectivity index (χ2v) is 4.49. The Bertz CT molecular complexity index is 131. The van der Waals surface area contributed by atoms with Crippen molar-refractivity contribution in [2.24, 2.45) is 5.92 Å². The molecular formula is C14H27O. The fourth-order valence-electron chi connectivity index (χ4n) is 1.87. The van der Waals surface area contributed by atoms with Crippen molar-refractivity contribution in [2.45, 2.75) is 78.1 Å². The molecular weight excluding hydrogens is 184 g/mol. The van der Waals surface area contributed by atoms with Crippen LogP contribution in [0.4, 0.5) is 0 Å². The summed E-state index contributed by atoms with van der Waals surface area (Å²) >= 11 is 0. The summed E-state index contributed by atoms with van der Waals surface area (Å²) in [6, 6.07) is 0. The zero-order chi connectivity index (χ0) is 11.4. The third kappa shape index (κ3) is 9.96. The lowest BCUT2D eigenvalue weighted by molar-refractivity contribution is 0.477. The highest BCUT2D eigenvalue weighted by Gasteiger charge is 2.04. The molecule has 0 aromatic heterocycles. The van der Waals surface area contributed by atoms with Gasteiger partial charge >= 0.3 is 0 Å². The van der Waals surface area contributed by atoms with Crippen LogP contribution in [0.3, 0.4) is 0 Å². The molecule has 15 heavy (non-hydrogen) atoms. The Balaban J connectivity index is 3.07. The predicted octanol–water partition coefficient (Wildman–Crippen LogP) is 4.65. The van der Waals surface area contributed by atoms with Crippen molar-refractivity contribution in [1.82, 2.24) is 0 Å². The standard InChI is InChI=1S/C14H27O/c1-3-5-6-7-8-9-10-11-12-14(4-2)13-15/h14H,3-12H2,1-2H3. The van der Waals surface area contributed by atoms with Crippen LogP contribution in [0.15, 0.2) is 0 Å². The summed E-state index contributed by atoms with van der Waals surface area (Å²) in [6.45, 7) is 4.32. The van der Waals surface area contributed by atoms with E-state index in [4.69, 9.17) is 0 Å². The minimum absolute atomic E-state index is 0.199. The van der Waals surface area contributed by atoms with Gasteiger partial charge in [-0.1, -0.05) is 65.2 Å². The lowest BCUT2D eigenvalue weighted by Crippen LogP contribution is -1.99. The van der Waals surface area contributed by atoms with Gasteiger partial charge in [0, 0.05) is 5.92 Å².